The molecule has 1 aromatic rings. The van der Waals surface area contributed by atoms with Gasteiger partial charge in [-0.25, -0.2) is 0 Å². The topological polar surface area (TPSA) is 77.9 Å². The molecule has 18 heavy (non-hydrogen) atoms. The van der Waals surface area contributed by atoms with Gasteiger partial charge in [-0.2, -0.15) is 0 Å². The van der Waals surface area contributed by atoms with Crippen LogP contribution < -0.4 is 5.32 Å². The average Bonchev–Trinajstić information content (AvgIpc) is 2.36. The van der Waals surface area contributed by atoms with E-state index in [0.717, 1.165) is 18.4 Å². The van der Waals surface area contributed by atoms with Gasteiger partial charge in [-0.05, 0) is 43.0 Å². The molecule has 0 saturated heterocycles. The highest BCUT2D eigenvalue weighted by Gasteiger charge is 2.06. The van der Waals surface area contributed by atoms with Crippen LogP contribution in [-0.4, -0.2) is 19.0 Å². The fourth-order valence-corrected chi connectivity index (χ4v) is 1.57. The van der Waals surface area contributed by atoms with Crippen molar-refractivity contribution in [2.24, 2.45) is 5.11 Å². The Morgan fingerprint density at radius 1 is 1.50 bits per heavy atom. The highest BCUT2D eigenvalue weighted by atomic mass is 35.5. The quantitative estimate of drug-likeness (QED) is 0.364. The summed E-state index contributed by atoms with van der Waals surface area (Å²) < 4.78 is 0. The van der Waals surface area contributed by atoms with E-state index < -0.39 is 0 Å². The monoisotopic (exact) mass is 266 g/mol. The van der Waals surface area contributed by atoms with Crippen LogP contribution in [0, 0.1) is 6.92 Å². The van der Waals surface area contributed by atoms with Crippen molar-refractivity contribution in [3.8, 4) is 0 Å². The molecule has 0 aromatic heterocycles. The summed E-state index contributed by atoms with van der Waals surface area (Å²) in [6.45, 7) is 2.91. The molecule has 5 nitrogen and oxygen atoms in total. The zero-order valence-electron chi connectivity index (χ0n) is 10.2. The fourth-order valence-electron chi connectivity index (χ4n) is 1.39. The second-order valence-electron chi connectivity index (χ2n) is 3.88. The number of hydrogen-bond donors (Lipinski definition) is 1. The van der Waals surface area contributed by atoms with Crippen molar-refractivity contribution in [2.45, 2.75) is 19.8 Å². The first kappa shape index (κ1) is 14.4. The van der Waals surface area contributed by atoms with Gasteiger partial charge in [-0.15, -0.1) is 0 Å². The Labute approximate surface area is 111 Å². The van der Waals surface area contributed by atoms with Crippen molar-refractivity contribution < 1.29 is 4.79 Å². The minimum atomic E-state index is -0.138. The van der Waals surface area contributed by atoms with Crippen molar-refractivity contribution >= 4 is 17.5 Å². The Morgan fingerprint density at radius 3 is 2.94 bits per heavy atom. The van der Waals surface area contributed by atoms with Crippen LogP contribution in [0.2, 0.25) is 5.02 Å². The number of amides is 1. The zero-order chi connectivity index (χ0) is 13.4. The molecule has 0 saturated carbocycles. The summed E-state index contributed by atoms with van der Waals surface area (Å²) in [5, 5.41) is 6.80. The Balaban J connectivity index is 2.36. The summed E-state index contributed by atoms with van der Waals surface area (Å²) in [7, 11) is 0. The maximum atomic E-state index is 11.7. The molecule has 0 unspecified atom stereocenters. The van der Waals surface area contributed by atoms with Gasteiger partial charge in [0, 0.05) is 28.6 Å². The largest absolute Gasteiger partial charge is 0.352 e. The van der Waals surface area contributed by atoms with Crippen molar-refractivity contribution in [3.63, 3.8) is 0 Å². The van der Waals surface area contributed by atoms with Crippen LogP contribution in [0.5, 0.6) is 0 Å². The zero-order valence-corrected chi connectivity index (χ0v) is 10.9. The van der Waals surface area contributed by atoms with E-state index >= 15 is 0 Å². The second kappa shape index (κ2) is 7.58. The molecule has 0 spiro atoms. The van der Waals surface area contributed by atoms with Crippen LogP contribution in [0.4, 0.5) is 0 Å². The molecule has 0 aliphatic rings. The SMILES string of the molecule is Cc1ccc(C(=O)NCCCCN=[N+]=[N-])cc1Cl. The highest BCUT2D eigenvalue weighted by Crippen LogP contribution is 2.16. The van der Waals surface area contributed by atoms with Gasteiger partial charge in [-0.3, -0.25) is 4.79 Å². The molecule has 0 aliphatic carbocycles. The van der Waals surface area contributed by atoms with Crippen LogP contribution in [0.25, 0.3) is 10.4 Å². The molecule has 0 aliphatic heterocycles. The Bertz CT molecular complexity index is 469. The summed E-state index contributed by atoms with van der Waals surface area (Å²) in [5.41, 5.74) is 9.59. The molecule has 96 valence electrons. The smallest absolute Gasteiger partial charge is 0.251 e. The summed E-state index contributed by atoms with van der Waals surface area (Å²) in [6.07, 6.45) is 1.54. The molecular weight excluding hydrogens is 252 g/mol. The molecule has 0 radical (unpaired) electrons. The summed E-state index contributed by atoms with van der Waals surface area (Å²) >= 11 is 5.95. The first-order chi connectivity index (χ1) is 8.65. The number of carbonyl (C=O) groups is 1. The van der Waals surface area contributed by atoms with E-state index in [2.05, 4.69) is 15.3 Å². The number of halogens is 1. The van der Waals surface area contributed by atoms with Gasteiger partial charge >= 0.3 is 0 Å². The highest BCUT2D eigenvalue weighted by molar-refractivity contribution is 6.31. The van der Waals surface area contributed by atoms with Crippen LogP contribution in [0.3, 0.4) is 0 Å². The molecule has 0 atom stereocenters. The van der Waals surface area contributed by atoms with E-state index in [1.165, 1.54) is 0 Å². The predicted molar refractivity (Wildman–Crippen MR) is 71.8 cm³/mol. The number of aryl methyl sites for hydroxylation is 1. The first-order valence-corrected chi connectivity index (χ1v) is 6.08. The van der Waals surface area contributed by atoms with Gasteiger partial charge in [-0.1, -0.05) is 22.8 Å². The number of benzene rings is 1. The van der Waals surface area contributed by atoms with Crippen molar-refractivity contribution in [2.75, 3.05) is 13.1 Å². The van der Waals surface area contributed by atoms with E-state index in [1.54, 1.807) is 12.1 Å². The normalized spacial score (nSPS) is 9.67. The van der Waals surface area contributed by atoms with Gasteiger partial charge in [0.1, 0.15) is 0 Å². The first-order valence-electron chi connectivity index (χ1n) is 5.70. The van der Waals surface area contributed by atoms with Gasteiger partial charge in [0.05, 0.1) is 0 Å². The number of unbranched alkanes of at least 4 members (excludes halogenated alkanes) is 1. The van der Waals surface area contributed by atoms with Crippen LogP contribution in [0.15, 0.2) is 23.3 Å². The van der Waals surface area contributed by atoms with Crippen molar-refractivity contribution in [1.29, 1.82) is 0 Å². The lowest BCUT2D eigenvalue weighted by Crippen LogP contribution is -2.24. The van der Waals surface area contributed by atoms with E-state index in [-0.39, 0.29) is 5.91 Å². The summed E-state index contributed by atoms with van der Waals surface area (Å²) in [6, 6.07) is 5.22. The number of rotatable bonds is 6. The number of nitrogens with one attached hydrogen (secondary N) is 1. The van der Waals surface area contributed by atoms with Gasteiger partial charge in [0.15, 0.2) is 0 Å². The molecule has 0 fully saturated rings. The summed E-state index contributed by atoms with van der Waals surface area (Å²) in [5.74, 6) is -0.138. The summed E-state index contributed by atoms with van der Waals surface area (Å²) in [4.78, 5) is 14.4. The number of azide groups is 1. The molecule has 1 amide bonds. The van der Waals surface area contributed by atoms with Crippen LogP contribution in [0.1, 0.15) is 28.8 Å². The van der Waals surface area contributed by atoms with Crippen molar-refractivity contribution in [3.05, 3.63) is 44.8 Å². The molecule has 0 heterocycles. The average molecular weight is 267 g/mol. The van der Waals surface area contributed by atoms with E-state index in [1.807, 2.05) is 13.0 Å². The Morgan fingerprint density at radius 2 is 2.28 bits per heavy atom. The maximum absolute atomic E-state index is 11.7. The fraction of sp³-hybridized carbons (Fsp3) is 0.417. The van der Waals surface area contributed by atoms with E-state index in [9.17, 15) is 4.79 Å². The molecule has 1 aromatic carbocycles. The van der Waals surface area contributed by atoms with Crippen LogP contribution >= 0.6 is 11.6 Å². The van der Waals surface area contributed by atoms with Crippen LogP contribution in [-0.2, 0) is 0 Å². The molecule has 1 N–H and O–H groups in total. The van der Waals surface area contributed by atoms with Gasteiger partial charge in [0.25, 0.3) is 5.91 Å². The molecule has 1 rings (SSSR count). The lowest BCUT2D eigenvalue weighted by atomic mass is 10.1. The molecule has 6 heteroatoms. The Kier molecular flexibility index (Phi) is 6.05. The maximum Gasteiger partial charge on any atom is 0.251 e. The third-order valence-corrected chi connectivity index (χ3v) is 2.87. The number of carbonyl (C=O) groups excluding carboxylic acids is 1. The molecular formula is C12H15ClN4O. The standard InChI is InChI=1S/C12H15ClN4O/c1-9-4-5-10(8-11(9)13)12(18)15-6-2-3-7-16-17-14/h4-5,8H,2-3,6-7H2,1H3,(H,15,18). The Hall–Kier alpha value is -1.71. The third kappa shape index (κ3) is 4.65. The van der Waals surface area contributed by atoms with E-state index in [4.69, 9.17) is 17.1 Å². The van der Waals surface area contributed by atoms with Gasteiger partial charge in [0.2, 0.25) is 0 Å². The van der Waals surface area contributed by atoms with Gasteiger partial charge < -0.3 is 5.32 Å². The minimum Gasteiger partial charge on any atom is -0.352 e. The minimum absolute atomic E-state index is 0.138. The van der Waals surface area contributed by atoms with E-state index in [0.29, 0.717) is 23.7 Å². The lowest BCUT2D eigenvalue weighted by Gasteiger charge is -2.06. The predicted octanol–water partition coefficient (Wildman–Crippen LogP) is 3.47. The third-order valence-electron chi connectivity index (χ3n) is 2.47. The lowest BCUT2D eigenvalue weighted by molar-refractivity contribution is 0.0953. The molecule has 0 bridgehead atoms. The second-order valence-corrected chi connectivity index (χ2v) is 4.29. The number of hydrogen-bond acceptors (Lipinski definition) is 2. The van der Waals surface area contributed by atoms with Crippen molar-refractivity contribution in [1.82, 2.24) is 5.32 Å². The number of nitrogens with zero attached hydrogens (tertiary/aromatic N) is 3.